The van der Waals surface area contributed by atoms with Gasteiger partial charge in [-0.2, -0.15) is 22.0 Å². The maximum atomic E-state index is 13.2. The molecule has 0 aromatic heterocycles. The summed E-state index contributed by atoms with van der Waals surface area (Å²) in [4.78, 5) is 0. The molecule has 42 heavy (non-hydrogen) atoms. The van der Waals surface area contributed by atoms with Crippen LogP contribution >= 0.6 is 0 Å². The molecule has 0 unspecified atom stereocenters. The first-order valence-corrected chi connectivity index (χ1v) is 20.0. The topological polar surface area (TPSA) is 46.5 Å². The highest BCUT2D eigenvalue weighted by atomic mass is 32.2. The quantitative estimate of drug-likeness (QED) is 0.206. The summed E-state index contributed by atoms with van der Waals surface area (Å²) in [5.41, 5.74) is 2.59. The van der Waals surface area contributed by atoms with Crippen molar-refractivity contribution < 1.29 is 35.7 Å². The SMILES string of the molecule is CC(C)(C)[Si](C)(C)O[C@H]1CC[C@H]2[C@@H]3[C@H](CCC[S@@](=O)CCCC(F)(F)C(F)(F)F)Cc4cc(O)ccc4[C@H]3CC[C@]12C. The van der Waals surface area contributed by atoms with E-state index < -0.39 is 44.1 Å². The predicted molar refractivity (Wildman–Crippen MR) is 161 cm³/mol. The van der Waals surface area contributed by atoms with Gasteiger partial charge in [-0.25, -0.2) is 0 Å². The number of halogens is 5. The van der Waals surface area contributed by atoms with Gasteiger partial charge in [-0.3, -0.25) is 4.21 Å². The van der Waals surface area contributed by atoms with E-state index in [1.54, 1.807) is 6.07 Å². The highest BCUT2D eigenvalue weighted by molar-refractivity contribution is 7.84. The fourth-order valence-electron chi connectivity index (χ4n) is 7.94. The molecule has 4 rings (SSSR count). The second-order valence-corrected chi connectivity index (χ2v) is 21.4. The average molecular weight is 637 g/mol. The third-order valence-electron chi connectivity index (χ3n) is 11.3. The van der Waals surface area contributed by atoms with Crippen LogP contribution in [0.15, 0.2) is 18.2 Å². The molecule has 0 aliphatic heterocycles. The van der Waals surface area contributed by atoms with Crippen LogP contribution in [0.4, 0.5) is 22.0 Å². The molecule has 0 amide bonds. The molecule has 0 spiro atoms. The molecule has 2 fully saturated rings. The van der Waals surface area contributed by atoms with Gasteiger partial charge in [0.25, 0.3) is 0 Å². The molecule has 1 aromatic rings. The number of hydrogen-bond donors (Lipinski definition) is 1. The molecule has 3 aliphatic carbocycles. The van der Waals surface area contributed by atoms with Gasteiger partial charge >= 0.3 is 12.1 Å². The lowest BCUT2D eigenvalue weighted by Gasteiger charge is -2.54. The summed E-state index contributed by atoms with van der Waals surface area (Å²) in [5.74, 6) is -2.68. The second kappa shape index (κ2) is 12.1. The Bertz CT molecular complexity index is 1130. The number of aromatic hydroxyl groups is 1. The highest BCUT2D eigenvalue weighted by Crippen LogP contribution is 2.64. The number of hydrogen-bond acceptors (Lipinski definition) is 3. The van der Waals surface area contributed by atoms with Crippen molar-refractivity contribution in [3.8, 4) is 5.75 Å². The van der Waals surface area contributed by atoms with Crippen LogP contribution in [-0.4, -0.2) is 47.3 Å². The monoisotopic (exact) mass is 636 g/mol. The van der Waals surface area contributed by atoms with Crippen molar-refractivity contribution in [2.75, 3.05) is 11.5 Å². The van der Waals surface area contributed by atoms with Crippen LogP contribution < -0.4 is 0 Å². The predicted octanol–water partition coefficient (Wildman–Crippen LogP) is 9.37. The molecule has 0 bridgehead atoms. The molecule has 1 N–H and O–H groups in total. The van der Waals surface area contributed by atoms with Gasteiger partial charge in [0.05, 0.1) is 6.10 Å². The molecule has 240 valence electrons. The summed E-state index contributed by atoms with van der Waals surface area (Å²) >= 11 is 0. The number of phenolic OH excluding ortho intramolecular Hbond substituents is 1. The summed E-state index contributed by atoms with van der Waals surface area (Å²) in [6.07, 6.45) is -0.481. The van der Waals surface area contributed by atoms with Gasteiger partial charge in [0.1, 0.15) is 5.75 Å². The molecule has 3 aliphatic rings. The molecular weight excluding hydrogens is 587 g/mol. The van der Waals surface area contributed by atoms with Crippen LogP contribution in [0, 0.1) is 23.2 Å². The van der Waals surface area contributed by atoms with Crippen molar-refractivity contribution in [3.63, 3.8) is 0 Å². The molecule has 10 heteroatoms. The van der Waals surface area contributed by atoms with Gasteiger partial charge in [-0.1, -0.05) is 33.8 Å². The maximum Gasteiger partial charge on any atom is 0.453 e. The zero-order valence-electron chi connectivity index (χ0n) is 26.0. The van der Waals surface area contributed by atoms with E-state index in [9.17, 15) is 31.3 Å². The van der Waals surface area contributed by atoms with E-state index >= 15 is 0 Å². The largest absolute Gasteiger partial charge is 0.508 e. The van der Waals surface area contributed by atoms with Crippen LogP contribution in [0.5, 0.6) is 5.75 Å². The highest BCUT2D eigenvalue weighted by Gasteiger charge is 2.59. The third-order valence-corrected chi connectivity index (χ3v) is 17.2. The van der Waals surface area contributed by atoms with Crippen LogP contribution in [0.25, 0.3) is 0 Å². The van der Waals surface area contributed by atoms with E-state index in [0.29, 0.717) is 35.8 Å². The fraction of sp³-hybridized carbons (Fsp3) is 0.812. The number of benzene rings is 1. The molecule has 1 aromatic carbocycles. The summed E-state index contributed by atoms with van der Waals surface area (Å²) < 4.78 is 83.5. The first-order chi connectivity index (χ1) is 19.3. The minimum Gasteiger partial charge on any atom is -0.508 e. The Balaban J connectivity index is 1.46. The summed E-state index contributed by atoms with van der Waals surface area (Å²) in [6, 6.07) is 5.75. The Kier molecular flexibility index (Phi) is 9.73. The molecular formula is C32H49F5O3SSi. The Labute approximate surface area is 252 Å². The van der Waals surface area contributed by atoms with E-state index in [0.717, 1.165) is 38.5 Å². The van der Waals surface area contributed by atoms with Crippen molar-refractivity contribution in [3.05, 3.63) is 29.3 Å². The van der Waals surface area contributed by atoms with Gasteiger partial charge in [0, 0.05) is 28.7 Å². The van der Waals surface area contributed by atoms with Gasteiger partial charge in [0.15, 0.2) is 8.32 Å². The number of alkyl halides is 5. The van der Waals surface area contributed by atoms with Gasteiger partial charge in [0.2, 0.25) is 0 Å². The zero-order chi connectivity index (χ0) is 31.3. The Morgan fingerprint density at radius 2 is 1.71 bits per heavy atom. The molecule has 7 atom stereocenters. The molecule has 0 radical (unpaired) electrons. The van der Waals surface area contributed by atoms with Crippen molar-refractivity contribution in [2.45, 2.75) is 128 Å². The third kappa shape index (κ3) is 6.80. The van der Waals surface area contributed by atoms with Gasteiger partial charge in [-0.05, 0) is 122 Å². The number of phenols is 1. The first kappa shape index (κ1) is 33.9. The molecule has 3 nitrogen and oxygen atoms in total. The molecule has 0 heterocycles. The summed E-state index contributed by atoms with van der Waals surface area (Å²) in [5, 5.41) is 10.4. The van der Waals surface area contributed by atoms with E-state index in [-0.39, 0.29) is 28.1 Å². The Morgan fingerprint density at radius 1 is 1.05 bits per heavy atom. The minimum atomic E-state index is -5.57. The lowest BCUT2D eigenvalue weighted by Crippen LogP contribution is -2.51. The van der Waals surface area contributed by atoms with Crippen molar-refractivity contribution >= 4 is 19.1 Å². The molecule has 2 saturated carbocycles. The maximum absolute atomic E-state index is 13.2. The average Bonchev–Trinajstić information content (AvgIpc) is 3.17. The van der Waals surface area contributed by atoms with Gasteiger partial charge in [-0.15, -0.1) is 0 Å². The summed E-state index contributed by atoms with van der Waals surface area (Å²) in [7, 11) is -3.40. The first-order valence-electron chi connectivity index (χ1n) is 15.6. The zero-order valence-corrected chi connectivity index (χ0v) is 27.8. The normalized spacial score (nSPS) is 30.9. The fourth-order valence-corrected chi connectivity index (χ4v) is 10.6. The Hall–Kier alpha value is -1.00. The van der Waals surface area contributed by atoms with Crippen molar-refractivity contribution in [1.82, 2.24) is 0 Å². The molecule has 0 saturated heterocycles. The lowest BCUT2D eigenvalue weighted by molar-refractivity contribution is -0.284. The van der Waals surface area contributed by atoms with Crippen molar-refractivity contribution in [2.24, 2.45) is 23.2 Å². The number of rotatable bonds is 10. The van der Waals surface area contributed by atoms with E-state index in [4.69, 9.17) is 4.43 Å². The minimum absolute atomic E-state index is 0.0793. The smallest absolute Gasteiger partial charge is 0.453 e. The van der Waals surface area contributed by atoms with E-state index in [1.807, 2.05) is 6.07 Å². The van der Waals surface area contributed by atoms with Gasteiger partial charge < -0.3 is 9.53 Å². The van der Waals surface area contributed by atoms with Crippen LogP contribution in [0.1, 0.15) is 96.1 Å². The number of fused-ring (bicyclic) bond motifs is 5. The van der Waals surface area contributed by atoms with E-state index in [1.165, 1.54) is 11.1 Å². The van der Waals surface area contributed by atoms with Crippen LogP contribution in [0.3, 0.4) is 0 Å². The van der Waals surface area contributed by atoms with Crippen LogP contribution in [0.2, 0.25) is 18.1 Å². The Morgan fingerprint density at radius 3 is 2.36 bits per heavy atom. The van der Waals surface area contributed by atoms with Crippen molar-refractivity contribution in [1.29, 1.82) is 0 Å². The lowest BCUT2D eigenvalue weighted by atomic mass is 9.52. The summed E-state index contributed by atoms with van der Waals surface area (Å²) in [6.45, 7) is 13.9. The van der Waals surface area contributed by atoms with Crippen LogP contribution in [-0.2, 0) is 21.6 Å². The second-order valence-electron chi connectivity index (χ2n) is 14.9. The van der Waals surface area contributed by atoms with E-state index in [2.05, 4.69) is 46.9 Å². The standard InChI is InChI=1S/C32H49F5O3SSi/c1-29(2,3)42(5,6)40-27-13-12-26-28-21(9-7-17-41(39)18-8-15-31(33,34)32(35,36)37)19-22-20-23(38)10-11-24(22)25(28)14-16-30(26,27)4/h10-11,20-21,25-28,38H,7-9,12-19H2,1-6H3/t21-,25-,26+,27+,28-,30+,41-/m1/s1.